The molecule has 0 unspecified atom stereocenters. The number of sulfonamides is 1. The molecule has 1 atom stereocenters. The molecule has 1 N–H and O–H groups in total. The van der Waals surface area contributed by atoms with E-state index in [2.05, 4.69) is 5.32 Å². The van der Waals surface area contributed by atoms with Crippen molar-refractivity contribution < 1.29 is 27.1 Å². The molecule has 3 aromatic rings. The minimum Gasteiger partial charge on any atom is -0.495 e. The van der Waals surface area contributed by atoms with E-state index in [0.717, 1.165) is 42.0 Å². The second-order valence-corrected chi connectivity index (χ2v) is 13.0. The lowest BCUT2D eigenvalue weighted by molar-refractivity contribution is -0.139. The maximum atomic E-state index is 14.8. The average Bonchev–Trinajstić information content (AvgIpc) is 2.99. The van der Waals surface area contributed by atoms with Crippen molar-refractivity contribution in [3.63, 3.8) is 0 Å². The van der Waals surface area contributed by atoms with E-state index in [1.54, 1.807) is 25.1 Å². The molecule has 0 aliphatic heterocycles. The highest BCUT2D eigenvalue weighted by molar-refractivity contribution is 7.92. The molecular weight excluding hydrogens is 593 g/mol. The van der Waals surface area contributed by atoms with Gasteiger partial charge in [-0.1, -0.05) is 66.8 Å². The number of amides is 2. The van der Waals surface area contributed by atoms with Gasteiger partial charge in [0.25, 0.3) is 10.0 Å². The zero-order chi connectivity index (χ0) is 31.1. The van der Waals surface area contributed by atoms with Gasteiger partial charge < -0.3 is 15.0 Å². The Morgan fingerprint density at radius 3 is 2.35 bits per heavy atom. The van der Waals surface area contributed by atoms with Gasteiger partial charge in [-0.3, -0.25) is 13.9 Å². The maximum absolute atomic E-state index is 14.8. The number of halogens is 2. The van der Waals surface area contributed by atoms with Gasteiger partial charge in [-0.15, -0.1) is 0 Å². The SMILES string of the molecule is COc1ccc(N(CC(=O)N(Cc2ccccc2F)[C@@H](C)C(=O)NC2CCCCC2)S(=O)(=O)c2ccc(C)cc2)cc1Cl. The normalized spacial score (nSPS) is 14.5. The summed E-state index contributed by atoms with van der Waals surface area (Å²) in [6.45, 7) is 2.52. The topological polar surface area (TPSA) is 96.0 Å². The van der Waals surface area contributed by atoms with Gasteiger partial charge in [-0.2, -0.15) is 0 Å². The fourth-order valence-corrected chi connectivity index (χ4v) is 6.80. The van der Waals surface area contributed by atoms with Gasteiger partial charge in [0.1, 0.15) is 24.2 Å². The highest BCUT2D eigenvalue weighted by Crippen LogP contribution is 2.32. The molecule has 230 valence electrons. The zero-order valence-corrected chi connectivity index (χ0v) is 26.1. The third-order valence-electron chi connectivity index (χ3n) is 7.73. The number of aryl methyl sites for hydroxylation is 1. The maximum Gasteiger partial charge on any atom is 0.264 e. The number of methoxy groups -OCH3 is 1. The van der Waals surface area contributed by atoms with Gasteiger partial charge in [0.15, 0.2) is 0 Å². The molecule has 0 bridgehead atoms. The Labute approximate surface area is 257 Å². The summed E-state index contributed by atoms with van der Waals surface area (Å²) in [6, 6.07) is 15.6. The Morgan fingerprint density at radius 1 is 1.05 bits per heavy atom. The Kier molecular flexibility index (Phi) is 10.7. The Bertz CT molecular complexity index is 1540. The number of hydrogen-bond acceptors (Lipinski definition) is 5. The van der Waals surface area contributed by atoms with Crippen LogP contribution in [0.2, 0.25) is 5.02 Å². The first kappa shape index (κ1) is 32.3. The predicted octanol–water partition coefficient (Wildman–Crippen LogP) is 5.86. The summed E-state index contributed by atoms with van der Waals surface area (Å²) in [7, 11) is -2.84. The Balaban J connectivity index is 1.71. The predicted molar refractivity (Wildman–Crippen MR) is 165 cm³/mol. The highest BCUT2D eigenvalue weighted by atomic mass is 35.5. The van der Waals surface area contributed by atoms with Gasteiger partial charge in [0.2, 0.25) is 11.8 Å². The first-order valence-corrected chi connectivity index (χ1v) is 16.1. The standard InChI is InChI=1S/C32H37ClFN3O5S/c1-22-13-16-27(17-14-22)43(40,41)37(26-15-18-30(42-3)28(33)19-26)21-31(38)36(20-24-9-7-8-12-29(24)34)23(2)32(39)35-25-10-5-4-6-11-25/h7-9,12-19,23,25H,4-6,10-11,20-21H2,1-3H3,(H,35,39)/t23-/m0/s1. The van der Waals surface area contributed by atoms with Crippen LogP contribution in [0, 0.1) is 12.7 Å². The van der Waals surface area contributed by atoms with Gasteiger partial charge >= 0.3 is 0 Å². The molecule has 2 amide bonds. The summed E-state index contributed by atoms with van der Waals surface area (Å²) in [5.41, 5.74) is 1.20. The number of rotatable bonds is 11. The number of nitrogens with one attached hydrogen (secondary N) is 1. The largest absolute Gasteiger partial charge is 0.495 e. The Hall–Kier alpha value is -3.63. The van der Waals surface area contributed by atoms with Crippen molar-refractivity contribution >= 4 is 39.1 Å². The summed E-state index contributed by atoms with van der Waals surface area (Å²) >= 11 is 6.36. The van der Waals surface area contributed by atoms with Crippen molar-refractivity contribution in [1.29, 1.82) is 0 Å². The minimum atomic E-state index is -4.27. The Morgan fingerprint density at radius 2 is 1.72 bits per heavy atom. The van der Waals surface area contributed by atoms with E-state index in [0.29, 0.717) is 5.75 Å². The van der Waals surface area contributed by atoms with Crippen LogP contribution >= 0.6 is 11.6 Å². The lowest BCUT2D eigenvalue weighted by Gasteiger charge is -2.33. The molecule has 0 aromatic heterocycles. The van der Waals surface area contributed by atoms with E-state index in [9.17, 15) is 22.4 Å². The molecule has 1 fully saturated rings. The number of ether oxygens (including phenoxy) is 1. The quantitative estimate of drug-likeness (QED) is 0.287. The molecule has 1 aliphatic rings. The summed E-state index contributed by atoms with van der Waals surface area (Å²) in [4.78, 5) is 28.7. The lowest BCUT2D eigenvalue weighted by Crippen LogP contribution is -2.53. The fraction of sp³-hybridized carbons (Fsp3) is 0.375. The number of nitrogens with zero attached hydrogens (tertiary/aromatic N) is 2. The van der Waals surface area contributed by atoms with Crippen LogP contribution in [0.1, 0.15) is 50.2 Å². The van der Waals surface area contributed by atoms with Crippen molar-refractivity contribution in [3.05, 3.63) is 88.7 Å². The molecule has 4 rings (SSSR count). The van der Waals surface area contributed by atoms with Crippen LogP contribution < -0.4 is 14.4 Å². The van der Waals surface area contributed by atoms with Crippen LogP contribution in [0.15, 0.2) is 71.6 Å². The van der Waals surface area contributed by atoms with E-state index < -0.39 is 34.3 Å². The molecule has 0 heterocycles. The second kappa shape index (κ2) is 14.2. The van der Waals surface area contributed by atoms with Gasteiger partial charge in [0.05, 0.1) is 22.7 Å². The second-order valence-electron chi connectivity index (χ2n) is 10.8. The van der Waals surface area contributed by atoms with Crippen molar-refractivity contribution in [2.24, 2.45) is 0 Å². The fourth-order valence-electron chi connectivity index (χ4n) is 5.14. The monoisotopic (exact) mass is 629 g/mol. The average molecular weight is 630 g/mol. The van der Waals surface area contributed by atoms with Crippen LogP contribution in [-0.4, -0.2) is 50.9 Å². The number of hydrogen-bond donors (Lipinski definition) is 1. The van der Waals surface area contributed by atoms with Crippen LogP contribution in [0.25, 0.3) is 0 Å². The number of carbonyl (C=O) groups is 2. The smallest absolute Gasteiger partial charge is 0.264 e. The first-order chi connectivity index (χ1) is 20.5. The molecule has 3 aromatic carbocycles. The van der Waals surface area contributed by atoms with Gasteiger partial charge in [-0.25, -0.2) is 12.8 Å². The molecule has 0 spiro atoms. The van der Waals surface area contributed by atoms with Crippen LogP contribution in [0.4, 0.5) is 10.1 Å². The van der Waals surface area contributed by atoms with Gasteiger partial charge in [0, 0.05) is 18.2 Å². The minimum absolute atomic E-state index is 0.00559. The molecule has 43 heavy (non-hydrogen) atoms. The molecule has 1 aliphatic carbocycles. The molecule has 1 saturated carbocycles. The zero-order valence-electron chi connectivity index (χ0n) is 24.6. The van der Waals surface area contributed by atoms with Crippen molar-refractivity contribution in [3.8, 4) is 5.75 Å². The molecule has 0 radical (unpaired) electrons. The van der Waals surface area contributed by atoms with Crippen molar-refractivity contribution in [1.82, 2.24) is 10.2 Å². The summed E-state index contributed by atoms with van der Waals surface area (Å²) in [6.07, 6.45) is 4.82. The molecule has 8 nitrogen and oxygen atoms in total. The van der Waals surface area contributed by atoms with Crippen molar-refractivity contribution in [2.75, 3.05) is 18.0 Å². The lowest BCUT2D eigenvalue weighted by atomic mass is 9.95. The molecular formula is C32H37ClFN3O5S. The number of anilines is 1. The highest BCUT2D eigenvalue weighted by Gasteiger charge is 2.34. The van der Waals surface area contributed by atoms with E-state index in [-0.39, 0.29) is 39.7 Å². The third-order valence-corrected chi connectivity index (χ3v) is 9.81. The van der Waals surface area contributed by atoms with E-state index in [4.69, 9.17) is 16.3 Å². The molecule has 0 saturated heterocycles. The summed E-state index contributed by atoms with van der Waals surface area (Å²) in [5, 5.41) is 3.18. The summed E-state index contributed by atoms with van der Waals surface area (Å²) < 4.78 is 48.9. The third kappa shape index (κ3) is 7.86. The molecule has 11 heteroatoms. The van der Waals surface area contributed by atoms with E-state index >= 15 is 0 Å². The van der Waals surface area contributed by atoms with E-state index in [1.807, 2.05) is 6.92 Å². The van der Waals surface area contributed by atoms with Crippen LogP contribution in [0.3, 0.4) is 0 Å². The number of benzene rings is 3. The van der Waals surface area contributed by atoms with Crippen molar-refractivity contribution in [2.45, 2.75) is 69.5 Å². The van der Waals surface area contributed by atoms with E-state index in [1.165, 1.54) is 60.5 Å². The van der Waals surface area contributed by atoms with Gasteiger partial charge in [-0.05, 0) is 63.1 Å². The van der Waals surface area contributed by atoms with Crippen LogP contribution in [-0.2, 0) is 26.2 Å². The summed E-state index contributed by atoms with van der Waals surface area (Å²) in [5.74, 6) is -1.26. The first-order valence-electron chi connectivity index (χ1n) is 14.3. The van der Waals surface area contributed by atoms with Crippen LogP contribution in [0.5, 0.6) is 5.75 Å². The number of carbonyl (C=O) groups excluding carboxylic acids is 2.